The molecule has 1 unspecified atom stereocenters. The molecule has 1 aromatic carbocycles. The maximum Gasteiger partial charge on any atom is 0.119 e. The van der Waals surface area contributed by atoms with Crippen LogP contribution in [0.3, 0.4) is 0 Å². The van der Waals surface area contributed by atoms with Gasteiger partial charge in [-0.25, -0.2) is 4.98 Å². The maximum atomic E-state index is 5.78. The summed E-state index contributed by atoms with van der Waals surface area (Å²) in [7, 11) is 1.66. The van der Waals surface area contributed by atoms with Crippen molar-refractivity contribution in [2.24, 2.45) is 5.73 Å². The molecule has 0 aliphatic carbocycles. The van der Waals surface area contributed by atoms with Gasteiger partial charge in [-0.2, -0.15) is 0 Å². The molecule has 1 aromatic heterocycles. The highest BCUT2D eigenvalue weighted by atomic mass is 35.5. The molecule has 0 aliphatic heterocycles. The molecule has 0 saturated heterocycles. The van der Waals surface area contributed by atoms with Crippen molar-refractivity contribution >= 4 is 23.7 Å². The van der Waals surface area contributed by atoms with Gasteiger partial charge in [0, 0.05) is 10.9 Å². The van der Waals surface area contributed by atoms with Crippen LogP contribution in [0, 0.1) is 0 Å². The number of hydrogen-bond donors (Lipinski definition) is 1. The van der Waals surface area contributed by atoms with Gasteiger partial charge in [0.25, 0.3) is 0 Å². The minimum absolute atomic E-state index is 0. The van der Waals surface area contributed by atoms with Crippen molar-refractivity contribution in [1.29, 1.82) is 0 Å². The lowest BCUT2D eigenvalue weighted by Crippen LogP contribution is -2.03. The van der Waals surface area contributed by atoms with E-state index in [1.165, 1.54) is 0 Å². The molecule has 92 valence electrons. The SMILES string of the molecule is COc1cccc(-c2csc(C(C)N)n2)c1.Cl. The van der Waals surface area contributed by atoms with E-state index in [4.69, 9.17) is 10.5 Å². The first-order valence-electron chi connectivity index (χ1n) is 5.06. The monoisotopic (exact) mass is 270 g/mol. The van der Waals surface area contributed by atoms with Gasteiger partial charge in [-0.1, -0.05) is 12.1 Å². The lowest BCUT2D eigenvalue weighted by atomic mass is 10.1. The van der Waals surface area contributed by atoms with E-state index in [1.54, 1.807) is 18.4 Å². The number of ether oxygens (including phenoxy) is 1. The molecule has 2 aromatic rings. The second-order valence-corrected chi connectivity index (χ2v) is 4.48. The fourth-order valence-electron chi connectivity index (χ4n) is 1.41. The highest BCUT2D eigenvalue weighted by Crippen LogP contribution is 2.26. The van der Waals surface area contributed by atoms with Crippen molar-refractivity contribution in [3.05, 3.63) is 34.7 Å². The third kappa shape index (κ3) is 3.19. The number of aromatic nitrogens is 1. The largest absolute Gasteiger partial charge is 0.497 e. The molecule has 1 atom stereocenters. The minimum atomic E-state index is -0.00985. The van der Waals surface area contributed by atoms with Gasteiger partial charge >= 0.3 is 0 Å². The molecule has 5 heteroatoms. The second kappa shape index (κ2) is 6.00. The number of nitrogens with zero attached hydrogens (tertiary/aromatic N) is 1. The zero-order valence-corrected chi connectivity index (χ0v) is 11.3. The predicted octanol–water partition coefficient (Wildman–Crippen LogP) is 3.26. The number of thiazole rings is 1. The summed E-state index contributed by atoms with van der Waals surface area (Å²) in [6.07, 6.45) is 0. The van der Waals surface area contributed by atoms with Gasteiger partial charge in [0.15, 0.2) is 0 Å². The molecule has 0 bridgehead atoms. The Kier molecular flexibility index (Phi) is 4.93. The number of nitrogens with two attached hydrogens (primary N) is 1. The molecular weight excluding hydrogens is 256 g/mol. The lowest BCUT2D eigenvalue weighted by Gasteiger charge is -2.02. The van der Waals surface area contributed by atoms with Crippen molar-refractivity contribution < 1.29 is 4.74 Å². The summed E-state index contributed by atoms with van der Waals surface area (Å²) in [6, 6.07) is 7.86. The number of halogens is 1. The van der Waals surface area contributed by atoms with Crippen LogP contribution in [0.5, 0.6) is 5.75 Å². The standard InChI is InChI=1S/C12H14N2OS.ClH/c1-8(13)12-14-11(7-16-12)9-4-3-5-10(6-9)15-2;/h3-8H,13H2,1-2H3;1H. The van der Waals surface area contributed by atoms with E-state index in [-0.39, 0.29) is 18.4 Å². The second-order valence-electron chi connectivity index (χ2n) is 3.59. The van der Waals surface area contributed by atoms with Crippen LogP contribution < -0.4 is 10.5 Å². The van der Waals surface area contributed by atoms with Gasteiger partial charge in [0.1, 0.15) is 10.8 Å². The Morgan fingerprint density at radius 1 is 1.41 bits per heavy atom. The van der Waals surface area contributed by atoms with Crippen LogP contribution in [0.15, 0.2) is 29.6 Å². The fourth-order valence-corrected chi connectivity index (χ4v) is 2.20. The van der Waals surface area contributed by atoms with E-state index < -0.39 is 0 Å². The van der Waals surface area contributed by atoms with Crippen LogP contribution in [0.4, 0.5) is 0 Å². The summed E-state index contributed by atoms with van der Waals surface area (Å²) in [5.41, 5.74) is 7.80. The van der Waals surface area contributed by atoms with Crippen molar-refractivity contribution in [1.82, 2.24) is 4.98 Å². The van der Waals surface area contributed by atoms with Gasteiger partial charge in [0.2, 0.25) is 0 Å². The van der Waals surface area contributed by atoms with E-state index in [2.05, 4.69) is 4.98 Å². The Morgan fingerprint density at radius 2 is 2.18 bits per heavy atom. The normalized spacial score (nSPS) is 11.7. The van der Waals surface area contributed by atoms with E-state index in [9.17, 15) is 0 Å². The summed E-state index contributed by atoms with van der Waals surface area (Å²) in [5, 5.41) is 2.98. The summed E-state index contributed by atoms with van der Waals surface area (Å²) >= 11 is 1.59. The van der Waals surface area contributed by atoms with E-state index in [1.807, 2.05) is 36.6 Å². The van der Waals surface area contributed by atoms with Gasteiger partial charge in [-0.3, -0.25) is 0 Å². The Morgan fingerprint density at radius 3 is 2.76 bits per heavy atom. The van der Waals surface area contributed by atoms with Crippen LogP contribution in [0.2, 0.25) is 0 Å². The molecule has 0 fully saturated rings. The van der Waals surface area contributed by atoms with Gasteiger partial charge in [-0.15, -0.1) is 23.7 Å². The Bertz CT molecular complexity index is 485. The van der Waals surface area contributed by atoms with E-state index in [0.29, 0.717) is 0 Å². The van der Waals surface area contributed by atoms with Crippen molar-refractivity contribution in [3.63, 3.8) is 0 Å². The first kappa shape index (κ1) is 14.0. The summed E-state index contributed by atoms with van der Waals surface area (Å²) in [5.74, 6) is 0.841. The molecule has 0 aliphatic rings. The van der Waals surface area contributed by atoms with Gasteiger partial charge in [-0.05, 0) is 19.1 Å². The first-order chi connectivity index (χ1) is 7.70. The van der Waals surface area contributed by atoms with E-state index in [0.717, 1.165) is 22.0 Å². The number of methoxy groups -OCH3 is 1. The predicted molar refractivity (Wildman–Crippen MR) is 74.0 cm³/mol. The summed E-state index contributed by atoms with van der Waals surface area (Å²) in [6.45, 7) is 1.94. The first-order valence-corrected chi connectivity index (χ1v) is 5.94. The van der Waals surface area contributed by atoms with Gasteiger partial charge in [0.05, 0.1) is 18.8 Å². The molecule has 1 heterocycles. The van der Waals surface area contributed by atoms with E-state index >= 15 is 0 Å². The van der Waals surface area contributed by atoms with Crippen LogP contribution in [-0.4, -0.2) is 12.1 Å². The van der Waals surface area contributed by atoms with Crippen LogP contribution >= 0.6 is 23.7 Å². The average Bonchev–Trinajstić information content (AvgIpc) is 2.78. The minimum Gasteiger partial charge on any atom is -0.497 e. The summed E-state index contributed by atoms with van der Waals surface area (Å²) in [4.78, 5) is 4.49. The van der Waals surface area contributed by atoms with Crippen molar-refractivity contribution in [3.8, 4) is 17.0 Å². The van der Waals surface area contributed by atoms with Crippen LogP contribution in [0.1, 0.15) is 18.0 Å². The zero-order valence-electron chi connectivity index (χ0n) is 9.71. The topological polar surface area (TPSA) is 48.1 Å². The molecule has 17 heavy (non-hydrogen) atoms. The highest BCUT2D eigenvalue weighted by Gasteiger charge is 2.08. The molecule has 2 rings (SSSR count). The maximum absolute atomic E-state index is 5.78. The third-order valence-electron chi connectivity index (χ3n) is 2.28. The molecule has 3 nitrogen and oxygen atoms in total. The third-order valence-corrected chi connectivity index (χ3v) is 3.32. The quantitative estimate of drug-likeness (QED) is 0.931. The molecule has 0 amide bonds. The molecule has 0 spiro atoms. The average molecular weight is 271 g/mol. The number of benzene rings is 1. The smallest absolute Gasteiger partial charge is 0.119 e. The highest BCUT2D eigenvalue weighted by molar-refractivity contribution is 7.10. The Balaban J connectivity index is 0.00000144. The number of rotatable bonds is 3. The zero-order chi connectivity index (χ0) is 11.5. The van der Waals surface area contributed by atoms with Gasteiger partial charge < -0.3 is 10.5 Å². The fraction of sp³-hybridized carbons (Fsp3) is 0.250. The molecular formula is C12H15ClN2OS. The molecule has 0 saturated carbocycles. The number of hydrogen-bond acceptors (Lipinski definition) is 4. The molecule has 0 radical (unpaired) electrons. The van der Waals surface area contributed by atoms with Crippen LogP contribution in [-0.2, 0) is 0 Å². The molecule has 2 N–H and O–H groups in total. The van der Waals surface area contributed by atoms with Crippen molar-refractivity contribution in [2.45, 2.75) is 13.0 Å². The Labute approximate surface area is 111 Å². The lowest BCUT2D eigenvalue weighted by molar-refractivity contribution is 0.415. The van der Waals surface area contributed by atoms with Crippen LogP contribution in [0.25, 0.3) is 11.3 Å². The summed E-state index contributed by atoms with van der Waals surface area (Å²) < 4.78 is 5.18. The Hall–Kier alpha value is -1.10. The van der Waals surface area contributed by atoms with Crippen molar-refractivity contribution in [2.75, 3.05) is 7.11 Å².